The molecule has 1 saturated heterocycles. The number of nitrogens with zero attached hydrogens (tertiary/aromatic N) is 2. The van der Waals surface area contributed by atoms with Crippen LogP contribution in [0.1, 0.15) is 31.6 Å². The fourth-order valence-electron chi connectivity index (χ4n) is 2.86. The Labute approximate surface area is 118 Å². The molecule has 1 amide bonds. The van der Waals surface area contributed by atoms with Crippen molar-refractivity contribution in [3.05, 3.63) is 30.1 Å². The molecule has 2 unspecified atom stereocenters. The Hall–Kier alpha value is -1.88. The average molecular weight is 272 g/mol. The van der Waals surface area contributed by atoms with Crippen molar-refractivity contribution >= 4 is 16.9 Å². The molecular weight excluding hydrogens is 252 g/mol. The van der Waals surface area contributed by atoms with Crippen LogP contribution in [0.3, 0.4) is 0 Å². The van der Waals surface area contributed by atoms with Crippen LogP contribution in [0.2, 0.25) is 0 Å². The second kappa shape index (κ2) is 5.25. The van der Waals surface area contributed by atoms with Gasteiger partial charge < -0.3 is 9.88 Å². The number of benzene rings is 1. The molecule has 0 radical (unpaired) electrons. The van der Waals surface area contributed by atoms with Crippen molar-refractivity contribution in [3.8, 4) is 0 Å². The van der Waals surface area contributed by atoms with E-state index in [-0.39, 0.29) is 18.0 Å². The van der Waals surface area contributed by atoms with Gasteiger partial charge in [0.1, 0.15) is 5.82 Å². The van der Waals surface area contributed by atoms with Crippen LogP contribution in [-0.2, 0) is 11.8 Å². The highest BCUT2D eigenvalue weighted by atomic mass is 16.2. The molecule has 106 valence electrons. The summed E-state index contributed by atoms with van der Waals surface area (Å²) in [4.78, 5) is 16.5. The van der Waals surface area contributed by atoms with E-state index < -0.39 is 0 Å². The Morgan fingerprint density at radius 3 is 3.00 bits per heavy atom. The number of hydrogen-bond donors (Lipinski definition) is 2. The van der Waals surface area contributed by atoms with Crippen molar-refractivity contribution in [2.45, 2.75) is 31.8 Å². The number of fused-ring (bicyclic) bond motifs is 1. The molecule has 20 heavy (non-hydrogen) atoms. The van der Waals surface area contributed by atoms with Crippen LogP contribution in [0.15, 0.2) is 24.3 Å². The largest absolute Gasteiger partial charge is 0.355 e. The molecule has 5 nitrogen and oxygen atoms in total. The molecule has 1 fully saturated rings. The molecule has 1 aromatic heterocycles. The van der Waals surface area contributed by atoms with Gasteiger partial charge in [0.2, 0.25) is 5.91 Å². The summed E-state index contributed by atoms with van der Waals surface area (Å²) in [7, 11) is 2.02. The number of carbonyl (C=O) groups excluding carboxylic acids is 1. The van der Waals surface area contributed by atoms with Gasteiger partial charge in [-0.1, -0.05) is 12.1 Å². The van der Waals surface area contributed by atoms with Gasteiger partial charge in [0.15, 0.2) is 0 Å². The first-order chi connectivity index (χ1) is 9.66. The summed E-state index contributed by atoms with van der Waals surface area (Å²) in [5.74, 6) is 1.06. The van der Waals surface area contributed by atoms with Crippen LogP contribution in [0.5, 0.6) is 0 Å². The van der Waals surface area contributed by atoms with Gasteiger partial charge in [-0.25, -0.2) is 4.98 Å². The molecule has 2 atom stereocenters. The molecule has 0 bridgehead atoms. The summed E-state index contributed by atoms with van der Waals surface area (Å²) in [5, 5.41) is 6.29. The molecule has 0 aliphatic carbocycles. The third kappa shape index (κ3) is 2.29. The van der Waals surface area contributed by atoms with Gasteiger partial charge in [-0.2, -0.15) is 0 Å². The van der Waals surface area contributed by atoms with Crippen molar-refractivity contribution in [2.75, 3.05) is 6.54 Å². The molecule has 2 N–H and O–H groups in total. The van der Waals surface area contributed by atoms with Crippen LogP contribution >= 0.6 is 0 Å². The summed E-state index contributed by atoms with van der Waals surface area (Å²) >= 11 is 0. The van der Waals surface area contributed by atoms with Crippen LogP contribution in [0.25, 0.3) is 11.0 Å². The highest BCUT2D eigenvalue weighted by Crippen LogP contribution is 2.20. The molecule has 0 spiro atoms. The standard InChI is InChI=1S/C15H20N4O/c1-10(17-12-7-5-9-16-15(12)20)14-18-11-6-3-4-8-13(11)19(14)2/h3-4,6,8,10,12,17H,5,7,9H2,1-2H3,(H,16,20). The fraction of sp³-hybridized carbons (Fsp3) is 0.467. The summed E-state index contributed by atoms with van der Waals surface area (Å²) in [6, 6.07) is 8.01. The number of carbonyl (C=O) groups is 1. The van der Waals surface area contributed by atoms with Gasteiger partial charge in [-0.05, 0) is 31.9 Å². The summed E-state index contributed by atoms with van der Waals surface area (Å²) in [6.07, 6.45) is 1.92. The third-order valence-electron chi connectivity index (χ3n) is 3.95. The zero-order valence-electron chi connectivity index (χ0n) is 11.9. The Morgan fingerprint density at radius 1 is 1.45 bits per heavy atom. The Bertz CT molecular complexity index is 634. The van der Waals surface area contributed by atoms with Crippen molar-refractivity contribution in [3.63, 3.8) is 0 Å². The van der Waals surface area contributed by atoms with Crippen molar-refractivity contribution in [1.29, 1.82) is 0 Å². The predicted octanol–water partition coefficient (Wildman–Crippen LogP) is 1.50. The number of aromatic nitrogens is 2. The van der Waals surface area contributed by atoms with Gasteiger partial charge in [-0.3, -0.25) is 10.1 Å². The number of hydrogen-bond acceptors (Lipinski definition) is 3. The van der Waals surface area contributed by atoms with Crippen LogP contribution in [-0.4, -0.2) is 28.0 Å². The Morgan fingerprint density at radius 2 is 2.25 bits per heavy atom. The number of aryl methyl sites for hydroxylation is 1. The quantitative estimate of drug-likeness (QED) is 0.890. The van der Waals surface area contributed by atoms with E-state index in [1.54, 1.807) is 0 Å². The topological polar surface area (TPSA) is 58.9 Å². The number of piperidine rings is 1. The number of rotatable bonds is 3. The summed E-state index contributed by atoms with van der Waals surface area (Å²) in [6.45, 7) is 2.85. The Kier molecular flexibility index (Phi) is 3.44. The second-order valence-electron chi connectivity index (χ2n) is 5.39. The van der Waals surface area contributed by atoms with E-state index in [0.29, 0.717) is 0 Å². The van der Waals surface area contributed by atoms with E-state index in [4.69, 9.17) is 0 Å². The van der Waals surface area contributed by atoms with E-state index in [1.807, 2.05) is 25.2 Å². The van der Waals surface area contributed by atoms with Crippen LogP contribution in [0, 0.1) is 0 Å². The van der Waals surface area contributed by atoms with E-state index in [2.05, 4.69) is 33.2 Å². The first kappa shape index (κ1) is 13.1. The molecule has 2 aromatic rings. The zero-order valence-corrected chi connectivity index (χ0v) is 11.9. The van der Waals surface area contributed by atoms with Gasteiger partial charge in [0.05, 0.1) is 23.1 Å². The maximum Gasteiger partial charge on any atom is 0.237 e. The maximum absolute atomic E-state index is 11.8. The van der Waals surface area contributed by atoms with E-state index in [0.717, 1.165) is 36.2 Å². The monoisotopic (exact) mass is 272 g/mol. The van der Waals surface area contributed by atoms with Crippen molar-refractivity contribution in [1.82, 2.24) is 20.2 Å². The van der Waals surface area contributed by atoms with E-state index >= 15 is 0 Å². The molecule has 1 aliphatic heterocycles. The lowest BCUT2D eigenvalue weighted by molar-refractivity contribution is -0.124. The van der Waals surface area contributed by atoms with Crippen molar-refractivity contribution in [2.24, 2.45) is 7.05 Å². The molecule has 3 rings (SSSR count). The first-order valence-corrected chi connectivity index (χ1v) is 7.12. The van der Waals surface area contributed by atoms with Crippen molar-refractivity contribution < 1.29 is 4.79 Å². The Balaban J connectivity index is 1.83. The maximum atomic E-state index is 11.8. The smallest absolute Gasteiger partial charge is 0.237 e. The average Bonchev–Trinajstić information content (AvgIpc) is 2.79. The first-order valence-electron chi connectivity index (χ1n) is 7.12. The number of para-hydroxylation sites is 2. The highest BCUT2D eigenvalue weighted by molar-refractivity contribution is 5.82. The summed E-state index contributed by atoms with van der Waals surface area (Å²) < 4.78 is 2.09. The predicted molar refractivity (Wildman–Crippen MR) is 78.3 cm³/mol. The summed E-state index contributed by atoms with van der Waals surface area (Å²) in [5.41, 5.74) is 2.11. The van der Waals surface area contributed by atoms with Crippen LogP contribution < -0.4 is 10.6 Å². The number of imidazole rings is 1. The number of nitrogens with one attached hydrogen (secondary N) is 2. The fourth-order valence-corrected chi connectivity index (χ4v) is 2.86. The zero-order chi connectivity index (χ0) is 14.1. The minimum Gasteiger partial charge on any atom is -0.355 e. The third-order valence-corrected chi connectivity index (χ3v) is 3.95. The SMILES string of the molecule is CC(NC1CCCNC1=O)c1nc2ccccc2n1C. The minimum absolute atomic E-state index is 0.0428. The van der Waals surface area contributed by atoms with E-state index in [9.17, 15) is 4.79 Å². The normalized spacial score (nSPS) is 20.9. The lowest BCUT2D eigenvalue weighted by atomic mass is 10.1. The lowest BCUT2D eigenvalue weighted by Gasteiger charge is -2.26. The number of amides is 1. The second-order valence-corrected chi connectivity index (χ2v) is 5.39. The molecule has 1 aliphatic rings. The molecule has 2 heterocycles. The van der Waals surface area contributed by atoms with Gasteiger partial charge in [0.25, 0.3) is 0 Å². The molecule has 1 aromatic carbocycles. The van der Waals surface area contributed by atoms with E-state index in [1.165, 1.54) is 0 Å². The molecular formula is C15H20N4O. The van der Waals surface area contributed by atoms with Crippen LogP contribution in [0.4, 0.5) is 0 Å². The minimum atomic E-state index is -0.112. The van der Waals surface area contributed by atoms with Gasteiger partial charge in [0, 0.05) is 13.6 Å². The van der Waals surface area contributed by atoms with Gasteiger partial charge >= 0.3 is 0 Å². The highest BCUT2D eigenvalue weighted by Gasteiger charge is 2.25. The van der Waals surface area contributed by atoms with Gasteiger partial charge in [-0.15, -0.1) is 0 Å². The molecule has 0 saturated carbocycles. The lowest BCUT2D eigenvalue weighted by Crippen LogP contribution is -2.49. The molecule has 5 heteroatoms.